The molecule has 0 radical (unpaired) electrons. The van der Waals surface area contributed by atoms with Crippen LogP contribution >= 0.6 is 0 Å². The van der Waals surface area contributed by atoms with E-state index in [0.29, 0.717) is 6.42 Å². The molecule has 0 rings (SSSR count). The van der Waals surface area contributed by atoms with Crippen molar-refractivity contribution in [2.24, 2.45) is 0 Å². The van der Waals surface area contributed by atoms with Gasteiger partial charge in [0.15, 0.2) is 0 Å². The molecule has 0 saturated heterocycles. The normalized spacial score (nSPS) is 12.8. The highest BCUT2D eigenvalue weighted by atomic mass is 16.4. The lowest BCUT2D eigenvalue weighted by atomic mass is 10.1. The lowest BCUT2D eigenvalue weighted by Crippen LogP contribution is -2.12. The Morgan fingerprint density at radius 1 is 1.15 bits per heavy atom. The zero-order valence-corrected chi connectivity index (χ0v) is 7.78. The number of aliphatic hydroxyl groups excluding tert-OH is 2. The minimum Gasteiger partial charge on any atom is -0.481 e. The van der Waals surface area contributed by atoms with Crippen LogP contribution in [0, 0.1) is 0 Å². The Morgan fingerprint density at radius 2 is 1.77 bits per heavy atom. The maximum Gasteiger partial charge on any atom is 0.305 e. The molecule has 13 heavy (non-hydrogen) atoms. The number of carbonyl (C=O) groups is 1. The van der Waals surface area contributed by atoms with Crippen LogP contribution in [0.15, 0.2) is 0 Å². The first-order chi connectivity index (χ1) is 6.16. The average Bonchev–Trinajstić information content (AvgIpc) is 2.02. The maximum absolute atomic E-state index is 10.2. The van der Waals surface area contributed by atoms with Crippen molar-refractivity contribution in [3.8, 4) is 0 Å². The summed E-state index contributed by atoms with van der Waals surface area (Å²) >= 11 is 0. The highest BCUT2D eigenvalue weighted by Crippen LogP contribution is 2.07. The molecule has 0 heterocycles. The van der Waals surface area contributed by atoms with Crippen molar-refractivity contribution in [3.05, 3.63) is 0 Å². The van der Waals surface area contributed by atoms with E-state index < -0.39 is 12.1 Å². The van der Waals surface area contributed by atoms with Gasteiger partial charge in [0, 0.05) is 6.61 Å². The smallest absolute Gasteiger partial charge is 0.305 e. The Bertz CT molecular complexity index is 136. The van der Waals surface area contributed by atoms with Gasteiger partial charge in [0.2, 0.25) is 0 Å². The Balaban J connectivity index is 3.17. The second kappa shape index (κ2) is 8.01. The molecule has 0 aliphatic rings. The average molecular weight is 190 g/mol. The lowest BCUT2D eigenvalue weighted by molar-refractivity contribution is -0.139. The molecule has 0 saturated carbocycles. The summed E-state index contributed by atoms with van der Waals surface area (Å²) in [6, 6.07) is 0. The van der Waals surface area contributed by atoms with Crippen LogP contribution in [0.25, 0.3) is 0 Å². The van der Waals surface area contributed by atoms with Crippen LogP contribution in [-0.4, -0.2) is 34.0 Å². The van der Waals surface area contributed by atoms with Crippen LogP contribution in [0.4, 0.5) is 0 Å². The van der Waals surface area contributed by atoms with Crippen molar-refractivity contribution in [2.45, 2.75) is 44.6 Å². The molecule has 4 heteroatoms. The number of hydrogen-bond donors (Lipinski definition) is 3. The zero-order chi connectivity index (χ0) is 10.1. The first kappa shape index (κ1) is 12.4. The van der Waals surface area contributed by atoms with Crippen LogP contribution in [0.3, 0.4) is 0 Å². The topological polar surface area (TPSA) is 77.8 Å². The number of hydrogen-bond acceptors (Lipinski definition) is 3. The van der Waals surface area contributed by atoms with E-state index in [1.807, 2.05) is 0 Å². The molecule has 78 valence electrons. The lowest BCUT2D eigenvalue weighted by Gasteiger charge is -2.06. The van der Waals surface area contributed by atoms with Gasteiger partial charge in [-0.05, 0) is 12.8 Å². The van der Waals surface area contributed by atoms with Gasteiger partial charge in [-0.3, -0.25) is 4.79 Å². The monoisotopic (exact) mass is 190 g/mol. The number of carboxylic acid groups (broad SMARTS) is 1. The fourth-order valence-electron chi connectivity index (χ4n) is 1.15. The fraction of sp³-hybridized carbons (Fsp3) is 0.889. The third kappa shape index (κ3) is 9.30. The molecule has 0 amide bonds. The molecule has 0 aliphatic carbocycles. The molecule has 0 bridgehead atoms. The first-order valence-electron chi connectivity index (χ1n) is 4.67. The second-order valence-corrected chi connectivity index (χ2v) is 3.18. The SMILES string of the molecule is O=C(O)CC(O)CCCCCCO. The van der Waals surface area contributed by atoms with Crippen molar-refractivity contribution >= 4 is 5.97 Å². The molecule has 0 spiro atoms. The molecular formula is C9H18O4. The van der Waals surface area contributed by atoms with E-state index in [4.69, 9.17) is 15.3 Å². The van der Waals surface area contributed by atoms with E-state index in [-0.39, 0.29) is 13.0 Å². The molecule has 3 N–H and O–H groups in total. The third-order valence-corrected chi connectivity index (χ3v) is 1.86. The molecular weight excluding hydrogens is 172 g/mol. The molecule has 4 nitrogen and oxygen atoms in total. The van der Waals surface area contributed by atoms with Gasteiger partial charge in [-0.25, -0.2) is 0 Å². The van der Waals surface area contributed by atoms with Crippen LogP contribution in [0.5, 0.6) is 0 Å². The van der Waals surface area contributed by atoms with Crippen molar-refractivity contribution in [3.63, 3.8) is 0 Å². The van der Waals surface area contributed by atoms with E-state index in [1.54, 1.807) is 0 Å². The van der Waals surface area contributed by atoms with Gasteiger partial charge in [0.05, 0.1) is 12.5 Å². The van der Waals surface area contributed by atoms with Crippen LogP contribution in [0.1, 0.15) is 38.5 Å². The van der Waals surface area contributed by atoms with Crippen LogP contribution < -0.4 is 0 Å². The molecule has 0 aromatic heterocycles. The van der Waals surface area contributed by atoms with E-state index >= 15 is 0 Å². The summed E-state index contributed by atoms with van der Waals surface area (Å²) in [4.78, 5) is 10.2. The van der Waals surface area contributed by atoms with Crippen molar-refractivity contribution in [1.29, 1.82) is 0 Å². The number of aliphatic carboxylic acids is 1. The zero-order valence-electron chi connectivity index (χ0n) is 7.78. The van der Waals surface area contributed by atoms with Crippen LogP contribution in [0.2, 0.25) is 0 Å². The summed E-state index contributed by atoms with van der Waals surface area (Å²) < 4.78 is 0. The first-order valence-corrected chi connectivity index (χ1v) is 4.67. The van der Waals surface area contributed by atoms with Gasteiger partial charge in [0.1, 0.15) is 0 Å². The van der Waals surface area contributed by atoms with E-state index in [1.165, 1.54) is 0 Å². The Labute approximate surface area is 78.2 Å². The summed E-state index contributed by atoms with van der Waals surface area (Å²) in [6.45, 7) is 0.206. The Kier molecular flexibility index (Phi) is 7.63. The predicted molar refractivity (Wildman–Crippen MR) is 48.4 cm³/mol. The van der Waals surface area contributed by atoms with Crippen molar-refractivity contribution in [1.82, 2.24) is 0 Å². The molecule has 0 fully saturated rings. The van der Waals surface area contributed by atoms with Crippen LogP contribution in [-0.2, 0) is 4.79 Å². The largest absolute Gasteiger partial charge is 0.481 e. The number of aliphatic hydroxyl groups is 2. The van der Waals surface area contributed by atoms with Crippen molar-refractivity contribution in [2.75, 3.05) is 6.61 Å². The molecule has 0 aliphatic heterocycles. The molecule has 0 aromatic carbocycles. The summed E-state index contributed by atoms with van der Waals surface area (Å²) in [6.07, 6.45) is 3.15. The van der Waals surface area contributed by atoms with E-state index in [9.17, 15) is 4.79 Å². The molecule has 1 unspecified atom stereocenters. The Morgan fingerprint density at radius 3 is 2.31 bits per heavy atom. The summed E-state index contributed by atoms with van der Waals surface area (Å²) in [5.74, 6) is -0.956. The highest BCUT2D eigenvalue weighted by Gasteiger charge is 2.08. The highest BCUT2D eigenvalue weighted by molar-refractivity contribution is 5.67. The Hall–Kier alpha value is -0.610. The van der Waals surface area contributed by atoms with Gasteiger partial charge in [0.25, 0.3) is 0 Å². The summed E-state index contributed by atoms with van der Waals surface area (Å²) in [7, 11) is 0. The number of carboxylic acids is 1. The molecule has 0 aromatic rings. The van der Waals surface area contributed by atoms with Gasteiger partial charge in [-0.15, -0.1) is 0 Å². The molecule has 1 atom stereocenters. The quantitative estimate of drug-likeness (QED) is 0.494. The van der Waals surface area contributed by atoms with Gasteiger partial charge in [-0.2, -0.15) is 0 Å². The van der Waals surface area contributed by atoms with E-state index in [0.717, 1.165) is 25.7 Å². The van der Waals surface area contributed by atoms with Gasteiger partial charge >= 0.3 is 5.97 Å². The second-order valence-electron chi connectivity index (χ2n) is 3.18. The third-order valence-electron chi connectivity index (χ3n) is 1.86. The number of rotatable bonds is 8. The predicted octanol–water partition coefficient (Wildman–Crippen LogP) is 0.765. The number of unbranched alkanes of at least 4 members (excludes halogenated alkanes) is 3. The minimum absolute atomic E-state index is 0.167. The summed E-state index contributed by atoms with van der Waals surface area (Å²) in [5, 5.41) is 25.9. The van der Waals surface area contributed by atoms with E-state index in [2.05, 4.69) is 0 Å². The van der Waals surface area contributed by atoms with Gasteiger partial charge in [-0.1, -0.05) is 19.3 Å². The standard InChI is InChI=1S/C9H18O4/c10-6-4-2-1-3-5-8(11)7-9(12)13/h8,10-11H,1-7H2,(H,12,13). The van der Waals surface area contributed by atoms with Crippen molar-refractivity contribution < 1.29 is 20.1 Å². The maximum atomic E-state index is 10.2. The minimum atomic E-state index is -0.956. The fourth-order valence-corrected chi connectivity index (χ4v) is 1.15. The summed E-state index contributed by atoms with van der Waals surface area (Å²) in [5.41, 5.74) is 0. The van der Waals surface area contributed by atoms with Gasteiger partial charge < -0.3 is 15.3 Å².